The number of benzene rings is 4. The Labute approximate surface area is 230 Å². The highest BCUT2D eigenvalue weighted by molar-refractivity contribution is 9.10. The normalized spacial score (nSPS) is 15.4. The van der Waals surface area contributed by atoms with E-state index in [4.69, 9.17) is 26.7 Å². The molecule has 0 unspecified atom stereocenters. The van der Waals surface area contributed by atoms with Gasteiger partial charge < -0.3 is 0 Å². The average Bonchev–Trinajstić information content (AvgIpc) is 3.35. The van der Waals surface area contributed by atoms with Crippen LogP contribution in [0, 0.1) is 0 Å². The molecule has 0 bridgehead atoms. The Bertz CT molecular complexity index is 1580. The van der Waals surface area contributed by atoms with Gasteiger partial charge in [-0.25, -0.2) is 15.0 Å². The van der Waals surface area contributed by atoms with Gasteiger partial charge in [0, 0.05) is 31.3 Å². The van der Waals surface area contributed by atoms with E-state index in [0.29, 0.717) is 11.0 Å². The zero-order valence-corrected chi connectivity index (χ0v) is 22.9. The van der Waals surface area contributed by atoms with Gasteiger partial charge >= 0.3 is 0 Å². The summed E-state index contributed by atoms with van der Waals surface area (Å²) in [5, 5.41) is 8.71. The molecule has 176 valence electrons. The maximum atomic E-state index is 6.17. The van der Waals surface area contributed by atoms with E-state index in [1.807, 2.05) is 59.6 Å². The molecule has 7 heteroatoms. The van der Waals surface area contributed by atoms with Gasteiger partial charge in [-0.15, -0.1) is 0 Å². The van der Waals surface area contributed by atoms with E-state index in [1.54, 1.807) is 0 Å². The Morgan fingerprint density at radius 2 is 1.36 bits per heavy atom. The van der Waals surface area contributed by atoms with E-state index in [0.717, 1.165) is 54.4 Å². The van der Waals surface area contributed by atoms with Crippen molar-refractivity contribution in [1.29, 1.82) is 0 Å². The van der Waals surface area contributed by atoms with Gasteiger partial charge in [-0.1, -0.05) is 98.1 Å². The maximum Gasteiger partial charge on any atom is 0.247 e. The zero-order chi connectivity index (χ0) is 24.6. The lowest BCUT2D eigenvalue weighted by Gasteiger charge is -2.23. The van der Waals surface area contributed by atoms with Crippen molar-refractivity contribution in [3.63, 3.8) is 0 Å². The highest BCUT2D eigenvalue weighted by Gasteiger charge is 2.32. The standard InChI is InChI=1S/C29H19Br2ClN4/c30-21-11-5-18(6-12-21)26-17-27(19-7-13-22(31)14-8-19)36(35-26)29-33-25-4-2-1-3-24(25)28(34-29)20-9-15-23(32)16-10-20/h1-16,27H,17H2/t27-/m1/s1. The summed E-state index contributed by atoms with van der Waals surface area (Å²) in [7, 11) is 0. The van der Waals surface area contributed by atoms with Crippen molar-refractivity contribution >= 4 is 66.0 Å². The van der Waals surface area contributed by atoms with Crippen LogP contribution >= 0.6 is 43.5 Å². The molecule has 0 fully saturated rings. The Kier molecular flexibility index (Phi) is 6.34. The van der Waals surface area contributed by atoms with Crippen LogP contribution in [-0.4, -0.2) is 15.7 Å². The molecule has 1 aliphatic rings. The minimum atomic E-state index is -0.0315. The van der Waals surface area contributed by atoms with Crippen molar-refractivity contribution in [3.05, 3.63) is 122 Å². The number of aromatic nitrogens is 2. The van der Waals surface area contributed by atoms with E-state index in [1.165, 1.54) is 0 Å². The predicted molar refractivity (Wildman–Crippen MR) is 155 cm³/mol. The quantitative estimate of drug-likeness (QED) is 0.202. The molecule has 0 spiro atoms. The van der Waals surface area contributed by atoms with Crippen molar-refractivity contribution in [2.24, 2.45) is 5.10 Å². The highest BCUT2D eigenvalue weighted by Crippen LogP contribution is 2.38. The molecular formula is C29H19Br2ClN4. The molecule has 0 aliphatic carbocycles. The topological polar surface area (TPSA) is 41.4 Å². The molecule has 0 N–H and O–H groups in total. The minimum absolute atomic E-state index is 0.0315. The molecule has 36 heavy (non-hydrogen) atoms. The first-order chi connectivity index (χ1) is 17.5. The molecule has 1 aromatic heterocycles. The minimum Gasteiger partial charge on any atom is -0.223 e. The third kappa shape index (κ3) is 4.57. The molecule has 4 nitrogen and oxygen atoms in total. The summed E-state index contributed by atoms with van der Waals surface area (Å²) in [5.74, 6) is 0.568. The number of hydrazone groups is 1. The van der Waals surface area contributed by atoms with E-state index in [-0.39, 0.29) is 6.04 Å². The number of fused-ring (bicyclic) bond motifs is 1. The monoisotopic (exact) mass is 616 g/mol. The fourth-order valence-electron chi connectivity index (χ4n) is 4.45. The van der Waals surface area contributed by atoms with Gasteiger partial charge in [-0.2, -0.15) is 5.10 Å². The summed E-state index contributed by atoms with van der Waals surface area (Å²) in [4.78, 5) is 10.0. The summed E-state index contributed by atoms with van der Waals surface area (Å²) >= 11 is 13.3. The molecular weight excluding hydrogens is 600 g/mol. The molecule has 5 aromatic rings. The molecule has 0 radical (unpaired) electrons. The second kappa shape index (κ2) is 9.77. The lowest BCUT2D eigenvalue weighted by molar-refractivity contribution is 0.689. The Hall–Kier alpha value is -3.06. The SMILES string of the molecule is Clc1ccc(-c2nc(N3N=C(c4ccc(Br)cc4)C[C@@H]3c3ccc(Br)cc3)nc3ccccc23)cc1. The summed E-state index contributed by atoms with van der Waals surface area (Å²) in [5.41, 5.74) is 5.94. The van der Waals surface area contributed by atoms with Crippen LogP contribution in [0.15, 0.2) is 111 Å². The van der Waals surface area contributed by atoms with Crippen molar-refractivity contribution in [3.8, 4) is 11.3 Å². The number of para-hydroxylation sites is 1. The molecule has 2 heterocycles. The number of nitrogens with zero attached hydrogens (tertiary/aromatic N) is 4. The van der Waals surface area contributed by atoms with Crippen LogP contribution in [0.5, 0.6) is 0 Å². The summed E-state index contributed by atoms with van der Waals surface area (Å²) in [6.45, 7) is 0. The number of hydrogen-bond acceptors (Lipinski definition) is 4. The number of anilines is 1. The summed E-state index contributed by atoms with van der Waals surface area (Å²) in [6, 6.07) is 32.4. The van der Waals surface area contributed by atoms with Crippen LogP contribution in [0.2, 0.25) is 5.02 Å². The third-order valence-corrected chi connectivity index (χ3v) is 7.57. The first-order valence-electron chi connectivity index (χ1n) is 11.5. The van der Waals surface area contributed by atoms with E-state index < -0.39 is 0 Å². The van der Waals surface area contributed by atoms with Crippen LogP contribution in [-0.2, 0) is 0 Å². The van der Waals surface area contributed by atoms with Gasteiger partial charge in [0.1, 0.15) is 0 Å². The second-order valence-electron chi connectivity index (χ2n) is 8.57. The molecule has 0 saturated heterocycles. The maximum absolute atomic E-state index is 6.17. The first-order valence-corrected chi connectivity index (χ1v) is 13.4. The predicted octanol–water partition coefficient (Wildman–Crippen LogP) is 8.83. The van der Waals surface area contributed by atoms with Gasteiger partial charge in [0.05, 0.1) is 23.0 Å². The van der Waals surface area contributed by atoms with Gasteiger partial charge in [-0.3, -0.25) is 0 Å². The van der Waals surface area contributed by atoms with Crippen molar-refractivity contribution in [1.82, 2.24) is 9.97 Å². The summed E-state index contributed by atoms with van der Waals surface area (Å²) in [6.07, 6.45) is 0.746. The second-order valence-corrected chi connectivity index (χ2v) is 10.8. The first kappa shape index (κ1) is 23.3. The third-order valence-electron chi connectivity index (χ3n) is 6.26. The van der Waals surface area contributed by atoms with Crippen molar-refractivity contribution < 1.29 is 0 Å². The fourth-order valence-corrected chi connectivity index (χ4v) is 5.11. The Balaban J connectivity index is 1.52. The average molecular weight is 619 g/mol. The van der Waals surface area contributed by atoms with Crippen LogP contribution in [0.1, 0.15) is 23.6 Å². The number of hydrogen-bond donors (Lipinski definition) is 0. The lowest BCUT2D eigenvalue weighted by Crippen LogP contribution is -2.21. The highest BCUT2D eigenvalue weighted by atomic mass is 79.9. The fraction of sp³-hybridized carbons (Fsp3) is 0.0690. The summed E-state index contributed by atoms with van der Waals surface area (Å²) < 4.78 is 2.08. The largest absolute Gasteiger partial charge is 0.247 e. The molecule has 0 amide bonds. The Morgan fingerprint density at radius 3 is 2.08 bits per heavy atom. The molecule has 6 rings (SSSR count). The van der Waals surface area contributed by atoms with Crippen LogP contribution in [0.3, 0.4) is 0 Å². The smallest absolute Gasteiger partial charge is 0.223 e. The molecule has 1 aliphatic heterocycles. The van der Waals surface area contributed by atoms with Gasteiger partial charge in [0.2, 0.25) is 5.95 Å². The van der Waals surface area contributed by atoms with Gasteiger partial charge in [-0.05, 0) is 53.6 Å². The zero-order valence-electron chi connectivity index (χ0n) is 18.9. The van der Waals surface area contributed by atoms with Crippen LogP contribution in [0.25, 0.3) is 22.2 Å². The van der Waals surface area contributed by atoms with Crippen molar-refractivity contribution in [2.75, 3.05) is 5.01 Å². The van der Waals surface area contributed by atoms with Gasteiger partial charge in [0.25, 0.3) is 0 Å². The van der Waals surface area contributed by atoms with Crippen LogP contribution < -0.4 is 5.01 Å². The molecule has 0 saturated carbocycles. The van der Waals surface area contributed by atoms with Crippen molar-refractivity contribution in [2.45, 2.75) is 12.5 Å². The van der Waals surface area contributed by atoms with Crippen LogP contribution in [0.4, 0.5) is 5.95 Å². The van der Waals surface area contributed by atoms with E-state index in [2.05, 4.69) is 74.3 Å². The van der Waals surface area contributed by atoms with E-state index >= 15 is 0 Å². The van der Waals surface area contributed by atoms with E-state index in [9.17, 15) is 0 Å². The number of rotatable bonds is 4. The van der Waals surface area contributed by atoms with Gasteiger partial charge in [0.15, 0.2) is 0 Å². The lowest BCUT2D eigenvalue weighted by atomic mass is 9.98. The molecule has 1 atom stereocenters. The Morgan fingerprint density at radius 1 is 0.722 bits per heavy atom. The molecule has 4 aromatic carbocycles. The number of halogens is 3.